The van der Waals surface area contributed by atoms with Gasteiger partial charge in [-0.2, -0.15) is 4.31 Å². The van der Waals surface area contributed by atoms with E-state index in [1.54, 1.807) is 43.3 Å². The summed E-state index contributed by atoms with van der Waals surface area (Å²) >= 11 is 7.31. The fraction of sp³-hybridized carbons (Fsp3) is 0.333. The molecular formula is C18H20ClN3O3S2. The van der Waals surface area contributed by atoms with Gasteiger partial charge >= 0.3 is 0 Å². The molecule has 9 heteroatoms. The number of halogens is 1. The number of hydrogen-bond donors (Lipinski definition) is 1. The number of rotatable bonds is 6. The first-order chi connectivity index (χ1) is 12.9. The Morgan fingerprint density at radius 1 is 1.22 bits per heavy atom. The van der Waals surface area contributed by atoms with Crippen LogP contribution >= 0.6 is 23.4 Å². The van der Waals surface area contributed by atoms with Crippen LogP contribution in [0.5, 0.6) is 0 Å². The van der Waals surface area contributed by atoms with Crippen molar-refractivity contribution < 1.29 is 13.2 Å². The van der Waals surface area contributed by atoms with Gasteiger partial charge in [-0.25, -0.2) is 13.4 Å². The van der Waals surface area contributed by atoms with Crippen LogP contribution in [0.1, 0.15) is 19.8 Å². The van der Waals surface area contributed by atoms with Crippen molar-refractivity contribution in [2.24, 2.45) is 0 Å². The predicted molar refractivity (Wildman–Crippen MR) is 108 cm³/mol. The summed E-state index contributed by atoms with van der Waals surface area (Å²) < 4.78 is 26.5. The molecule has 0 radical (unpaired) electrons. The summed E-state index contributed by atoms with van der Waals surface area (Å²) in [6.07, 6.45) is 3.13. The van der Waals surface area contributed by atoms with E-state index in [4.69, 9.17) is 11.6 Å². The van der Waals surface area contributed by atoms with Crippen molar-refractivity contribution in [2.45, 2.75) is 34.9 Å². The van der Waals surface area contributed by atoms with Crippen LogP contribution in [0.15, 0.2) is 52.5 Å². The monoisotopic (exact) mass is 425 g/mol. The molecular weight excluding hydrogens is 406 g/mol. The van der Waals surface area contributed by atoms with Gasteiger partial charge in [0.1, 0.15) is 4.90 Å². The molecule has 0 aliphatic carbocycles. The Labute approximate surface area is 168 Å². The van der Waals surface area contributed by atoms with E-state index < -0.39 is 15.3 Å². The van der Waals surface area contributed by atoms with Crippen LogP contribution in [0.3, 0.4) is 0 Å². The second kappa shape index (κ2) is 8.60. The fourth-order valence-corrected chi connectivity index (χ4v) is 5.13. The zero-order valence-electron chi connectivity index (χ0n) is 14.8. The molecule has 144 valence electrons. The number of thioether (sulfide) groups is 1. The Morgan fingerprint density at radius 3 is 2.56 bits per heavy atom. The summed E-state index contributed by atoms with van der Waals surface area (Å²) in [5.41, 5.74) is 0.552. The highest BCUT2D eigenvalue weighted by molar-refractivity contribution is 8.00. The highest BCUT2D eigenvalue weighted by atomic mass is 35.5. The van der Waals surface area contributed by atoms with Crippen molar-refractivity contribution >= 4 is 45.0 Å². The van der Waals surface area contributed by atoms with Gasteiger partial charge in [-0.3, -0.25) is 4.79 Å². The number of amides is 1. The first-order valence-corrected chi connectivity index (χ1v) is 11.3. The first-order valence-electron chi connectivity index (χ1n) is 8.56. The molecule has 1 atom stereocenters. The van der Waals surface area contributed by atoms with Gasteiger partial charge in [0.15, 0.2) is 0 Å². The lowest BCUT2D eigenvalue weighted by molar-refractivity contribution is -0.115. The molecule has 0 saturated carbocycles. The maximum atomic E-state index is 12.5. The minimum atomic E-state index is -3.48. The standard InChI is InChI=1S/C18H20ClN3O3S2/c1-13(18(23)21-16-7-3-2-6-15(16)19)26-17-9-8-14(12-20-17)27(24,25)22-10-4-5-11-22/h2-3,6-9,12-13H,4-5,10-11H2,1H3,(H,21,23). The third-order valence-electron chi connectivity index (χ3n) is 4.21. The van der Waals surface area contributed by atoms with Gasteiger partial charge in [-0.1, -0.05) is 35.5 Å². The number of aromatic nitrogens is 1. The molecule has 27 heavy (non-hydrogen) atoms. The van der Waals surface area contributed by atoms with Gasteiger partial charge in [-0.15, -0.1) is 0 Å². The van der Waals surface area contributed by atoms with Gasteiger partial charge in [0.25, 0.3) is 0 Å². The molecule has 2 heterocycles. The summed E-state index contributed by atoms with van der Waals surface area (Å²) in [5, 5.41) is 3.41. The Balaban J connectivity index is 1.64. The van der Waals surface area contributed by atoms with Gasteiger partial charge in [0, 0.05) is 19.3 Å². The normalized spacial score (nSPS) is 16.2. The van der Waals surface area contributed by atoms with Crippen molar-refractivity contribution in [2.75, 3.05) is 18.4 Å². The Morgan fingerprint density at radius 2 is 1.93 bits per heavy atom. The van der Waals surface area contributed by atoms with Crippen LogP contribution in [-0.4, -0.2) is 42.0 Å². The van der Waals surface area contributed by atoms with Crippen LogP contribution in [0.25, 0.3) is 0 Å². The SMILES string of the molecule is CC(Sc1ccc(S(=O)(=O)N2CCCC2)cn1)C(=O)Nc1ccccc1Cl. The number of anilines is 1. The maximum absolute atomic E-state index is 12.5. The maximum Gasteiger partial charge on any atom is 0.244 e. The number of carbonyl (C=O) groups is 1. The summed E-state index contributed by atoms with van der Waals surface area (Å²) in [4.78, 5) is 16.7. The Bertz CT molecular complexity index is 914. The molecule has 1 saturated heterocycles. The van der Waals surface area contributed by atoms with E-state index in [9.17, 15) is 13.2 Å². The number of nitrogens with one attached hydrogen (secondary N) is 1. The molecule has 1 aromatic heterocycles. The third-order valence-corrected chi connectivity index (χ3v) is 7.47. The van der Waals surface area contributed by atoms with Crippen LogP contribution in [-0.2, 0) is 14.8 Å². The van der Waals surface area contributed by atoms with Gasteiger partial charge in [0.05, 0.1) is 21.0 Å². The van der Waals surface area contributed by atoms with Crippen molar-refractivity contribution in [3.05, 3.63) is 47.6 Å². The molecule has 1 fully saturated rings. The number of hydrogen-bond acceptors (Lipinski definition) is 5. The van der Waals surface area contributed by atoms with Crippen LogP contribution in [0, 0.1) is 0 Å². The Hall–Kier alpha value is -1.61. The van der Waals surface area contributed by atoms with Crippen molar-refractivity contribution in [1.29, 1.82) is 0 Å². The zero-order chi connectivity index (χ0) is 19.4. The molecule has 1 N–H and O–H groups in total. The average Bonchev–Trinajstić information content (AvgIpc) is 3.19. The largest absolute Gasteiger partial charge is 0.324 e. The van der Waals surface area contributed by atoms with E-state index in [2.05, 4.69) is 10.3 Å². The minimum absolute atomic E-state index is 0.182. The second-order valence-electron chi connectivity index (χ2n) is 6.17. The Kier molecular flexibility index (Phi) is 6.41. The van der Waals surface area contributed by atoms with Crippen molar-refractivity contribution in [1.82, 2.24) is 9.29 Å². The molecule has 1 amide bonds. The molecule has 1 aromatic carbocycles. The van der Waals surface area contributed by atoms with Crippen LogP contribution in [0.4, 0.5) is 5.69 Å². The zero-order valence-corrected chi connectivity index (χ0v) is 17.1. The summed E-state index contributed by atoms with van der Waals surface area (Å²) in [6, 6.07) is 10.2. The van der Waals surface area contributed by atoms with Crippen molar-refractivity contribution in [3.8, 4) is 0 Å². The lowest BCUT2D eigenvalue weighted by Gasteiger charge is -2.16. The number of para-hydroxylation sites is 1. The molecule has 1 unspecified atom stereocenters. The molecule has 0 bridgehead atoms. The number of pyridine rings is 1. The van der Waals surface area contributed by atoms with E-state index >= 15 is 0 Å². The molecule has 3 rings (SSSR count). The highest BCUT2D eigenvalue weighted by Gasteiger charge is 2.27. The topological polar surface area (TPSA) is 79.4 Å². The minimum Gasteiger partial charge on any atom is -0.324 e. The van der Waals surface area contributed by atoms with E-state index in [0.717, 1.165) is 12.8 Å². The highest BCUT2D eigenvalue weighted by Crippen LogP contribution is 2.26. The van der Waals surface area contributed by atoms with E-state index in [-0.39, 0.29) is 10.8 Å². The summed E-state index contributed by atoms with van der Waals surface area (Å²) in [7, 11) is -3.48. The molecule has 2 aromatic rings. The number of nitrogens with zero attached hydrogens (tertiary/aromatic N) is 2. The molecule has 6 nitrogen and oxygen atoms in total. The molecule has 1 aliphatic rings. The van der Waals surface area contributed by atoms with Gasteiger partial charge in [-0.05, 0) is 44.0 Å². The van der Waals surface area contributed by atoms with Crippen LogP contribution < -0.4 is 5.32 Å². The molecule has 0 spiro atoms. The fourth-order valence-electron chi connectivity index (χ4n) is 2.70. The summed E-state index contributed by atoms with van der Waals surface area (Å²) in [5.74, 6) is -0.205. The third kappa shape index (κ3) is 4.82. The number of benzene rings is 1. The van der Waals surface area contributed by atoms with Gasteiger partial charge in [0.2, 0.25) is 15.9 Å². The lowest BCUT2D eigenvalue weighted by atomic mass is 10.3. The smallest absolute Gasteiger partial charge is 0.244 e. The lowest BCUT2D eigenvalue weighted by Crippen LogP contribution is -2.28. The van der Waals surface area contributed by atoms with Gasteiger partial charge < -0.3 is 5.32 Å². The number of carbonyl (C=O) groups excluding carboxylic acids is 1. The van der Waals surface area contributed by atoms with E-state index in [1.165, 1.54) is 22.3 Å². The molecule has 1 aliphatic heterocycles. The summed E-state index contributed by atoms with van der Waals surface area (Å²) in [6.45, 7) is 2.86. The second-order valence-corrected chi connectivity index (χ2v) is 9.88. The van der Waals surface area contributed by atoms with E-state index in [1.807, 2.05) is 0 Å². The first kappa shape index (κ1) is 20.1. The average molecular weight is 426 g/mol. The van der Waals surface area contributed by atoms with E-state index in [0.29, 0.717) is 28.8 Å². The quantitative estimate of drug-likeness (QED) is 0.715. The predicted octanol–water partition coefficient (Wildman–Crippen LogP) is 3.64. The number of sulfonamides is 1. The van der Waals surface area contributed by atoms with Crippen LogP contribution in [0.2, 0.25) is 5.02 Å². The van der Waals surface area contributed by atoms with Crippen molar-refractivity contribution in [3.63, 3.8) is 0 Å².